The summed E-state index contributed by atoms with van der Waals surface area (Å²) in [6.45, 7) is 5.10. The second-order valence-corrected chi connectivity index (χ2v) is 6.88. The van der Waals surface area contributed by atoms with Gasteiger partial charge in [0.25, 0.3) is 9.05 Å². The summed E-state index contributed by atoms with van der Waals surface area (Å²) >= 11 is 0. The second-order valence-electron chi connectivity index (χ2n) is 4.35. The third-order valence-electron chi connectivity index (χ3n) is 2.10. The van der Waals surface area contributed by atoms with Gasteiger partial charge >= 0.3 is 0 Å². The molecule has 0 spiro atoms. The zero-order chi connectivity index (χ0) is 14.5. The first-order valence-electron chi connectivity index (χ1n) is 5.75. The Bertz CT molecular complexity index is 516. The van der Waals surface area contributed by atoms with E-state index in [2.05, 4.69) is 0 Å². The van der Waals surface area contributed by atoms with E-state index in [0.717, 1.165) is 12.1 Å². The number of hydrogen-bond donors (Lipinski definition) is 0. The van der Waals surface area contributed by atoms with Gasteiger partial charge in [-0.2, -0.15) is 0 Å². The molecule has 0 N–H and O–H groups in total. The molecule has 19 heavy (non-hydrogen) atoms. The van der Waals surface area contributed by atoms with Crippen LogP contribution in [-0.2, 0) is 13.8 Å². The van der Waals surface area contributed by atoms with Crippen molar-refractivity contribution in [3.8, 4) is 5.75 Å². The fraction of sp³-hybridized carbons (Fsp3) is 0.500. The molecule has 1 aromatic carbocycles. The van der Waals surface area contributed by atoms with Gasteiger partial charge in [-0.05, 0) is 24.1 Å². The summed E-state index contributed by atoms with van der Waals surface area (Å²) in [6, 6.07) is 3.16. The number of rotatable bonds is 7. The van der Waals surface area contributed by atoms with E-state index in [1.54, 1.807) is 0 Å². The van der Waals surface area contributed by atoms with E-state index in [4.69, 9.17) is 20.2 Å². The zero-order valence-corrected chi connectivity index (χ0v) is 12.3. The summed E-state index contributed by atoms with van der Waals surface area (Å²) in [7, 11) is 1.17. The van der Waals surface area contributed by atoms with Gasteiger partial charge in [0.15, 0.2) is 0 Å². The Hall–Kier alpha value is -0.850. The van der Waals surface area contributed by atoms with Crippen molar-refractivity contribution < 1.29 is 22.3 Å². The van der Waals surface area contributed by atoms with E-state index >= 15 is 0 Å². The molecule has 0 saturated carbocycles. The zero-order valence-electron chi connectivity index (χ0n) is 10.7. The van der Waals surface area contributed by atoms with Crippen LogP contribution in [0.2, 0.25) is 0 Å². The first-order valence-corrected chi connectivity index (χ1v) is 8.06. The first-order chi connectivity index (χ1) is 8.80. The van der Waals surface area contributed by atoms with Gasteiger partial charge in [0.2, 0.25) is 0 Å². The van der Waals surface area contributed by atoms with Crippen molar-refractivity contribution in [3.63, 3.8) is 0 Å². The quantitative estimate of drug-likeness (QED) is 0.574. The normalized spacial score (nSPS) is 11.8. The Morgan fingerprint density at radius 2 is 2.00 bits per heavy atom. The van der Waals surface area contributed by atoms with Crippen molar-refractivity contribution in [1.29, 1.82) is 0 Å². The topological polar surface area (TPSA) is 52.6 Å². The fourth-order valence-corrected chi connectivity index (χ4v) is 2.30. The number of halogens is 2. The highest BCUT2D eigenvalue weighted by atomic mass is 35.7. The van der Waals surface area contributed by atoms with E-state index in [0.29, 0.717) is 19.1 Å². The number of hydrogen-bond acceptors (Lipinski definition) is 4. The van der Waals surface area contributed by atoms with E-state index in [1.165, 1.54) is 6.07 Å². The van der Waals surface area contributed by atoms with E-state index in [9.17, 15) is 12.8 Å². The standard InChI is InChI=1S/C12H16ClFO4S/c1-9(2)8-17-5-6-18-11-4-3-10(14)7-12(11)19(13,15)16/h3-4,7,9H,5-6,8H2,1-2H3. The molecule has 1 rings (SSSR count). The minimum atomic E-state index is -4.05. The molecule has 0 unspecified atom stereocenters. The predicted octanol–water partition coefficient (Wildman–Crippen LogP) is 2.80. The third kappa shape index (κ3) is 5.76. The maximum atomic E-state index is 13.0. The summed E-state index contributed by atoms with van der Waals surface area (Å²) < 4.78 is 46.1. The van der Waals surface area contributed by atoms with Crippen LogP contribution in [0.3, 0.4) is 0 Å². The van der Waals surface area contributed by atoms with Crippen molar-refractivity contribution in [2.24, 2.45) is 5.92 Å². The molecule has 4 nitrogen and oxygen atoms in total. The molecule has 0 aromatic heterocycles. The molecule has 0 aliphatic heterocycles. The minimum absolute atomic E-state index is 0.0181. The summed E-state index contributed by atoms with van der Waals surface area (Å²) in [6.07, 6.45) is 0. The summed E-state index contributed by atoms with van der Waals surface area (Å²) in [5.41, 5.74) is 0. The monoisotopic (exact) mass is 310 g/mol. The second kappa shape index (κ2) is 7.07. The van der Waals surface area contributed by atoms with Gasteiger partial charge in [-0.25, -0.2) is 12.8 Å². The van der Waals surface area contributed by atoms with E-state index < -0.39 is 14.9 Å². The Morgan fingerprint density at radius 3 is 2.58 bits per heavy atom. The van der Waals surface area contributed by atoms with Crippen molar-refractivity contribution >= 4 is 19.7 Å². The van der Waals surface area contributed by atoms with Crippen LogP contribution in [0.1, 0.15) is 13.8 Å². The van der Waals surface area contributed by atoms with Crippen LogP contribution < -0.4 is 4.74 Å². The Kier molecular flexibility index (Phi) is 6.03. The lowest BCUT2D eigenvalue weighted by Gasteiger charge is -2.11. The average Bonchev–Trinajstić information content (AvgIpc) is 2.28. The molecule has 0 amide bonds. The maximum absolute atomic E-state index is 13.0. The number of benzene rings is 1. The van der Waals surface area contributed by atoms with Crippen LogP contribution in [-0.4, -0.2) is 28.2 Å². The summed E-state index contributed by atoms with van der Waals surface area (Å²) in [5, 5.41) is 0. The van der Waals surface area contributed by atoms with Crippen LogP contribution in [0.4, 0.5) is 4.39 Å². The molecule has 0 bridgehead atoms. The van der Waals surface area contributed by atoms with Crippen LogP contribution in [0.15, 0.2) is 23.1 Å². The summed E-state index contributed by atoms with van der Waals surface area (Å²) in [4.78, 5) is -0.377. The molecular weight excluding hydrogens is 295 g/mol. The lowest BCUT2D eigenvalue weighted by atomic mass is 10.2. The van der Waals surface area contributed by atoms with Gasteiger partial charge in [0.1, 0.15) is 23.1 Å². The highest BCUT2D eigenvalue weighted by Crippen LogP contribution is 2.27. The fourth-order valence-electron chi connectivity index (χ4n) is 1.32. The maximum Gasteiger partial charge on any atom is 0.265 e. The highest BCUT2D eigenvalue weighted by molar-refractivity contribution is 8.13. The molecule has 0 saturated heterocycles. The molecule has 7 heteroatoms. The van der Waals surface area contributed by atoms with Gasteiger partial charge in [-0.1, -0.05) is 13.8 Å². The smallest absolute Gasteiger partial charge is 0.265 e. The summed E-state index contributed by atoms with van der Waals surface area (Å²) in [5.74, 6) is -0.267. The minimum Gasteiger partial charge on any atom is -0.490 e. The molecule has 108 valence electrons. The van der Waals surface area contributed by atoms with Crippen molar-refractivity contribution in [2.45, 2.75) is 18.7 Å². The van der Waals surface area contributed by atoms with Crippen molar-refractivity contribution in [3.05, 3.63) is 24.0 Å². The molecule has 0 aliphatic rings. The molecule has 0 fully saturated rings. The number of ether oxygens (including phenoxy) is 2. The Balaban J connectivity index is 2.64. The Morgan fingerprint density at radius 1 is 1.32 bits per heavy atom. The third-order valence-corrected chi connectivity index (χ3v) is 3.45. The SMILES string of the molecule is CC(C)COCCOc1ccc(F)cc1S(=O)(=O)Cl. The predicted molar refractivity (Wildman–Crippen MR) is 70.6 cm³/mol. The largest absolute Gasteiger partial charge is 0.490 e. The van der Waals surface area contributed by atoms with E-state index in [-0.39, 0.29) is 17.3 Å². The van der Waals surface area contributed by atoms with Crippen LogP contribution >= 0.6 is 10.7 Å². The molecule has 1 aromatic rings. The van der Waals surface area contributed by atoms with Gasteiger partial charge in [0, 0.05) is 17.3 Å². The Labute approximate surface area is 116 Å². The van der Waals surface area contributed by atoms with Crippen LogP contribution in [0.25, 0.3) is 0 Å². The van der Waals surface area contributed by atoms with Crippen molar-refractivity contribution in [1.82, 2.24) is 0 Å². The molecule has 0 atom stereocenters. The van der Waals surface area contributed by atoms with Crippen LogP contribution in [0, 0.1) is 11.7 Å². The lowest BCUT2D eigenvalue weighted by Crippen LogP contribution is -2.11. The average molecular weight is 311 g/mol. The molecule has 0 aliphatic carbocycles. The lowest BCUT2D eigenvalue weighted by molar-refractivity contribution is 0.0810. The highest BCUT2D eigenvalue weighted by Gasteiger charge is 2.18. The van der Waals surface area contributed by atoms with Crippen LogP contribution in [0.5, 0.6) is 5.75 Å². The van der Waals surface area contributed by atoms with E-state index in [1.807, 2.05) is 13.8 Å². The van der Waals surface area contributed by atoms with Gasteiger partial charge in [0.05, 0.1) is 6.61 Å². The first kappa shape index (κ1) is 16.2. The van der Waals surface area contributed by atoms with Gasteiger partial charge in [-0.3, -0.25) is 0 Å². The van der Waals surface area contributed by atoms with Crippen molar-refractivity contribution in [2.75, 3.05) is 19.8 Å². The molecule has 0 radical (unpaired) electrons. The van der Waals surface area contributed by atoms with Gasteiger partial charge in [-0.15, -0.1) is 0 Å². The molecular formula is C12H16ClFO4S. The van der Waals surface area contributed by atoms with Gasteiger partial charge < -0.3 is 9.47 Å². The molecule has 0 heterocycles.